The molecule has 0 fully saturated rings. The van der Waals surface area contributed by atoms with Crippen molar-refractivity contribution in [1.82, 2.24) is 9.71 Å². The van der Waals surface area contributed by atoms with Crippen molar-refractivity contribution in [2.45, 2.75) is 25.2 Å². The number of sulfonamides is 1. The van der Waals surface area contributed by atoms with Crippen molar-refractivity contribution in [2.24, 2.45) is 11.8 Å². The topological polar surface area (TPSA) is 96.4 Å². The lowest BCUT2D eigenvalue weighted by Crippen LogP contribution is -2.33. The molecular weight excluding hydrogens is 304 g/mol. The van der Waals surface area contributed by atoms with E-state index in [0.29, 0.717) is 6.42 Å². The molecule has 1 atom stereocenters. The van der Waals surface area contributed by atoms with Crippen molar-refractivity contribution in [3.05, 3.63) is 23.5 Å². The Labute approximate surface area is 123 Å². The molecular formula is C12H17ClN2O4S. The van der Waals surface area contributed by atoms with Crippen LogP contribution in [0.4, 0.5) is 0 Å². The summed E-state index contributed by atoms with van der Waals surface area (Å²) in [5, 5.41) is 9.26. The van der Waals surface area contributed by atoms with E-state index >= 15 is 0 Å². The second kappa shape index (κ2) is 7.01. The molecule has 0 bridgehead atoms. The fourth-order valence-corrected chi connectivity index (χ4v) is 2.98. The summed E-state index contributed by atoms with van der Waals surface area (Å²) in [5.41, 5.74) is 0. The summed E-state index contributed by atoms with van der Waals surface area (Å²) >= 11 is 5.68. The van der Waals surface area contributed by atoms with E-state index in [2.05, 4.69) is 9.71 Å². The molecule has 1 heterocycles. The zero-order chi connectivity index (χ0) is 15.3. The molecule has 20 heavy (non-hydrogen) atoms. The third kappa shape index (κ3) is 5.07. The highest BCUT2D eigenvalue weighted by atomic mass is 35.5. The third-order valence-electron chi connectivity index (χ3n) is 2.62. The second-order valence-corrected chi connectivity index (χ2v) is 7.06. The maximum absolute atomic E-state index is 12.0. The summed E-state index contributed by atoms with van der Waals surface area (Å²) in [7, 11) is -3.81. The van der Waals surface area contributed by atoms with Crippen LogP contribution in [0.2, 0.25) is 5.02 Å². The molecule has 0 aliphatic carbocycles. The van der Waals surface area contributed by atoms with Crippen LogP contribution in [0, 0.1) is 11.8 Å². The highest BCUT2D eigenvalue weighted by Gasteiger charge is 2.22. The molecule has 0 spiro atoms. The van der Waals surface area contributed by atoms with Gasteiger partial charge in [-0.2, -0.15) is 0 Å². The summed E-state index contributed by atoms with van der Waals surface area (Å²) in [6, 6.07) is 1.26. The van der Waals surface area contributed by atoms with Gasteiger partial charge >= 0.3 is 5.97 Å². The van der Waals surface area contributed by atoms with E-state index in [1.807, 2.05) is 13.8 Å². The summed E-state index contributed by atoms with van der Waals surface area (Å²) in [5.74, 6) is -1.63. The normalized spacial score (nSPS) is 13.4. The van der Waals surface area contributed by atoms with Gasteiger partial charge in [-0.05, 0) is 18.4 Å². The zero-order valence-electron chi connectivity index (χ0n) is 11.2. The van der Waals surface area contributed by atoms with Crippen LogP contribution in [0.3, 0.4) is 0 Å². The molecule has 0 aromatic carbocycles. The van der Waals surface area contributed by atoms with Gasteiger partial charge in [0.25, 0.3) is 0 Å². The Hall–Kier alpha value is -1.18. The van der Waals surface area contributed by atoms with Gasteiger partial charge in [-0.1, -0.05) is 25.4 Å². The van der Waals surface area contributed by atoms with Crippen LogP contribution >= 0.6 is 11.6 Å². The fourth-order valence-electron chi connectivity index (χ4n) is 1.67. The summed E-state index contributed by atoms with van der Waals surface area (Å²) < 4.78 is 26.3. The molecule has 1 aromatic heterocycles. The summed E-state index contributed by atoms with van der Waals surface area (Å²) in [6.07, 6.45) is 2.87. The lowest BCUT2D eigenvalue weighted by Gasteiger charge is -2.15. The number of nitrogens with zero attached hydrogens (tertiary/aromatic N) is 1. The lowest BCUT2D eigenvalue weighted by molar-refractivity contribution is -0.142. The van der Waals surface area contributed by atoms with Gasteiger partial charge in [0.15, 0.2) is 0 Å². The van der Waals surface area contributed by atoms with Gasteiger partial charge in [-0.15, -0.1) is 0 Å². The average Bonchev–Trinajstić information content (AvgIpc) is 2.33. The largest absolute Gasteiger partial charge is 0.481 e. The number of carbonyl (C=O) groups is 1. The summed E-state index contributed by atoms with van der Waals surface area (Å²) in [6.45, 7) is 3.60. The van der Waals surface area contributed by atoms with Crippen LogP contribution in [0.25, 0.3) is 0 Å². The van der Waals surface area contributed by atoms with E-state index in [9.17, 15) is 13.2 Å². The molecule has 0 radical (unpaired) electrons. The van der Waals surface area contributed by atoms with E-state index in [-0.39, 0.29) is 22.4 Å². The fraction of sp³-hybridized carbons (Fsp3) is 0.500. The predicted octanol–water partition coefficient (Wildman–Crippen LogP) is 1.76. The van der Waals surface area contributed by atoms with Crippen LogP contribution in [0.5, 0.6) is 0 Å². The van der Waals surface area contributed by atoms with Crippen LogP contribution in [-0.4, -0.2) is 31.0 Å². The third-order valence-corrected chi connectivity index (χ3v) is 4.21. The second-order valence-electron chi connectivity index (χ2n) is 4.86. The Bertz CT molecular complexity index is 575. The Morgan fingerprint density at radius 1 is 1.45 bits per heavy atom. The number of pyridine rings is 1. The molecule has 0 amide bonds. The highest BCUT2D eigenvalue weighted by Crippen LogP contribution is 2.15. The minimum atomic E-state index is -3.81. The molecule has 112 valence electrons. The standard InChI is InChI=1S/C12H17ClN2O4S/c1-8(2)3-9(12(16)17)5-15-20(18,19)11-4-10(13)6-14-7-11/h4,6-9,15H,3,5H2,1-2H3,(H,16,17). The first-order valence-electron chi connectivity index (χ1n) is 6.05. The minimum absolute atomic E-state index is 0.0846. The first-order chi connectivity index (χ1) is 9.22. The van der Waals surface area contributed by atoms with Crippen molar-refractivity contribution in [3.63, 3.8) is 0 Å². The van der Waals surface area contributed by atoms with Gasteiger partial charge in [-0.3, -0.25) is 9.78 Å². The van der Waals surface area contributed by atoms with Crippen LogP contribution in [-0.2, 0) is 14.8 Å². The highest BCUT2D eigenvalue weighted by molar-refractivity contribution is 7.89. The number of hydrogen-bond acceptors (Lipinski definition) is 4. The van der Waals surface area contributed by atoms with Gasteiger partial charge in [0.05, 0.1) is 10.9 Å². The maximum Gasteiger partial charge on any atom is 0.307 e. The molecule has 6 nitrogen and oxygen atoms in total. The van der Waals surface area contributed by atoms with E-state index in [4.69, 9.17) is 16.7 Å². The van der Waals surface area contributed by atoms with Gasteiger partial charge in [0.1, 0.15) is 4.90 Å². The molecule has 1 rings (SSSR count). The van der Waals surface area contributed by atoms with Crippen molar-refractivity contribution in [2.75, 3.05) is 6.54 Å². The van der Waals surface area contributed by atoms with Crippen molar-refractivity contribution >= 4 is 27.6 Å². The van der Waals surface area contributed by atoms with E-state index < -0.39 is 21.9 Å². The van der Waals surface area contributed by atoms with Crippen molar-refractivity contribution in [1.29, 1.82) is 0 Å². The number of carboxylic acids is 1. The molecule has 0 aliphatic rings. The number of carboxylic acid groups (broad SMARTS) is 1. The smallest absolute Gasteiger partial charge is 0.307 e. The van der Waals surface area contributed by atoms with Gasteiger partial charge in [-0.25, -0.2) is 13.1 Å². The first-order valence-corrected chi connectivity index (χ1v) is 7.91. The van der Waals surface area contributed by atoms with Gasteiger partial charge in [0, 0.05) is 18.9 Å². The number of aliphatic carboxylic acids is 1. The van der Waals surface area contributed by atoms with E-state index in [0.717, 1.165) is 6.20 Å². The number of halogens is 1. The first kappa shape index (κ1) is 16.9. The molecule has 2 N–H and O–H groups in total. The Morgan fingerprint density at radius 3 is 2.60 bits per heavy atom. The lowest BCUT2D eigenvalue weighted by atomic mass is 9.98. The SMILES string of the molecule is CC(C)CC(CNS(=O)(=O)c1cncc(Cl)c1)C(=O)O. The predicted molar refractivity (Wildman–Crippen MR) is 75.0 cm³/mol. The maximum atomic E-state index is 12.0. The zero-order valence-corrected chi connectivity index (χ0v) is 12.8. The molecule has 0 saturated heterocycles. The molecule has 0 aliphatic heterocycles. The van der Waals surface area contributed by atoms with E-state index in [1.165, 1.54) is 12.3 Å². The number of nitrogens with one attached hydrogen (secondary N) is 1. The molecule has 8 heteroatoms. The van der Waals surface area contributed by atoms with E-state index in [1.54, 1.807) is 0 Å². The van der Waals surface area contributed by atoms with Gasteiger partial charge in [0.2, 0.25) is 10.0 Å². The minimum Gasteiger partial charge on any atom is -0.481 e. The molecule has 0 saturated carbocycles. The summed E-state index contributed by atoms with van der Waals surface area (Å²) in [4.78, 5) is 14.7. The van der Waals surface area contributed by atoms with Crippen molar-refractivity contribution < 1.29 is 18.3 Å². The Morgan fingerprint density at radius 2 is 2.10 bits per heavy atom. The van der Waals surface area contributed by atoms with Gasteiger partial charge < -0.3 is 5.11 Å². The number of hydrogen-bond donors (Lipinski definition) is 2. The Balaban J connectivity index is 2.78. The van der Waals surface area contributed by atoms with Crippen LogP contribution in [0.1, 0.15) is 20.3 Å². The molecule has 1 aromatic rings. The quantitative estimate of drug-likeness (QED) is 0.798. The Kier molecular flexibility index (Phi) is 5.91. The average molecular weight is 321 g/mol. The number of aromatic nitrogens is 1. The van der Waals surface area contributed by atoms with Crippen molar-refractivity contribution in [3.8, 4) is 0 Å². The molecule has 1 unspecified atom stereocenters. The van der Waals surface area contributed by atoms with Crippen LogP contribution < -0.4 is 4.72 Å². The monoisotopic (exact) mass is 320 g/mol. The van der Waals surface area contributed by atoms with Crippen LogP contribution in [0.15, 0.2) is 23.4 Å². The number of rotatable bonds is 7.